The first-order chi connectivity index (χ1) is 12.9. The number of nitrogens with one attached hydrogen (secondary N) is 1. The molecule has 0 spiro atoms. The van der Waals surface area contributed by atoms with Gasteiger partial charge >= 0.3 is 0 Å². The number of hydrogen-bond acceptors (Lipinski definition) is 5. The van der Waals surface area contributed by atoms with E-state index in [1.54, 1.807) is 6.92 Å². The van der Waals surface area contributed by atoms with Gasteiger partial charge in [-0.05, 0) is 70.6 Å². The van der Waals surface area contributed by atoms with Gasteiger partial charge in [0.05, 0.1) is 17.0 Å². The summed E-state index contributed by atoms with van der Waals surface area (Å²) in [5, 5.41) is 3.87. The van der Waals surface area contributed by atoms with Crippen LogP contribution in [0, 0.1) is 24.7 Å². The number of fused-ring (bicyclic) bond motifs is 2. The van der Waals surface area contributed by atoms with Gasteiger partial charge in [-0.15, -0.1) is 0 Å². The second-order valence-electron chi connectivity index (χ2n) is 8.66. The zero-order valence-corrected chi connectivity index (χ0v) is 17.3. The molecule has 4 rings (SSSR count). The van der Waals surface area contributed by atoms with Gasteiger partial charge in [0.15, 0.2) is 5.78 Å². The third-order valence-electron chi connectivity index (χ3n) is 6.53. The van der Waals surface area contributed by atoms with Crippen LogP contribution in [0.1, 0.15) is 80.2 Å². The van der Waals surface area contributed by atoms with Gasteiger partial charge in [-0.1, -0.05) is 18.2 Å². The number of aryl methyl sites for hydroxylation is 1. The first kappa shape index (κ1) is 18.9. The van der Waals surface area contributed by atoms with Crippen LogP contribution in [0.15, 0.2) is 5.03 Å². The van der Waals surface area contributed by atoms with Crippen LogP contribution >= 0.6 is 11.8 Å². The summed E-state index contributed by atoms with van der Waals surface area (Å²) in [6.45, 7) is 5.56. The van der Waals surface area contributed by atoms with Crippen molar-refractivity contribution in [3.8, 4) is 0 Å². The Morgan fingerprint density at radius 1 is 1.19 bits per heavy atom. The quantitative estimate of drug-likeness (QED) is 0.436. The highest BCUT2D eigenvalue weighted by Crippen LogP contribution is 2.49. The molecule has 3 aliphatic carbocycles. The lowest BCUT2D eigenvalue weighted by molar-refractivity contribution is -0.119. The van der Waals surface area contributed by atoms with E-state index in [-0.39, 0.29) is 17.7 Å². The molecule has 5 nitrogen and oxygen atoms in total. The number of aromatic nitrogens is 2. The first-order valence-electron chi connectivity index (χ1n) is 10.2. The normalized spacial score (nSPS) is 27.6. The molecule has 0 saturated heterocycles. The van der Waals surface area contributed by atoms with E-state index in [4.69, 9.17) is 0 Å². The van der Waals surface area contributed by atoms with E-state index in [1.807, 2.05) is 6.92 Å². The van der Waals surface area contributed by atoms with Crippen LogP contribution in [-0.4, -0.2) is 33.5 Å². The standard InChI is InChI=1S/C21H29N3O2S/c1-11(17-9-14-4-5-16(17)8-14)22-18(26)10-27-21-19(13(3)25)12(2)23-20(24-21)15-6-7-15/h11,14-17H,4-10H2,1-3H3,(H,22,26)/t11-,14+,16+,17-/m1/s1. The van der Waals surface area contributed by atoms with Crippen molar-refractivity contribution in [2.24, 2.45) is 17.8 Å². The minimum absolute atomic E-state index is 0.0342. The Balaban J connectivity index is 1.39. The monoisotopic (exact) mass is 387 g/mol. The molecule has 0 aliphatic heterocycles. The number of carbonyl (C=O) groups is 2. The zero-order valence-electron chi connectivity index (χ0n) is 16.5. The lowest BCUT2D eigenvalue weighted by atomic mass is 9.84. The number of rotatable bonds is 7. The molecule has 6 heteroatoms. The summed E-state index contributed by atoms with van der Waals surface area (Å²) in [5.41, 5.74) is 1.30. The largest absolute Gasteiger partial charge is 0.353 e. The Bertz CT molecular complexity index is 762. The van der Waals surface area contributed by atoms with Crippen LogP contribution in [0.4, 0.5) is 0 Å². The second kappa shape index (κ2) is 7.53. The van der Waals surface area contributed by atoms with Crippen molar-refractivity contribution in [2.75, 3.05) is 5.75 Å². The maximum absolute atomic E-state index is 12.5. The van der Waals surface area contributed by atoms with Gasteiger partial charge in [-0.25, -0.2) is 9.97 Å². The third kappa shape index (κ3) is 4.05. The molecule has 4 atom stereocenters. The minimum Gasteiger partial charge on any atom is -0.353 e. The summed E-state index contributed by atoms with van der Waals surface area (Å²) in [7, 11) is 0. The molecule has 1 aromatic heterocycles. The molecule has 0 aromatic carbocycles. The fourth-order valence-electron chi connectivity index (χ4n) is 5.04. The molecular weight excluding hydrogens is 358 g/mol. The molecule has 3 saturated carbocycles. The summed E-state index contributed by atoms with van der Waals surface area (Å²) in [6.07, 6.45) is 7.56. The van der Waals surface area contributed by atoms with Crippen molar-refractivity contribution < 1.29 is 9.59 Å². The van der Waals surface area contributed by atoms with E-state index in [9.17, 15) is 9.59 Å². The number of ketones is 1. The summed E-state index contributed by atoms with van der Waals surface area (Å²) in [5.74, 6) is 3.87. The van der Waals surface area contributed by atoms with Crippen molar-refractivity contribution >= 4 is 23.5 Å². The highest BCUT2D eigenvalue weighted by atomic mass is 32.2. The van der Waals surface area contributed by atoms with E-state index in [1.165, 1.54) is 37.4 Å². The third-order valence-corrected chi connectivity index (χ3v) is 7.51. The molecule has 0 unspecified atom stereocenters. The average molecular weight is 388 g/mol. The number of carbonyl (C=O) groups excluding carboxylic acids is 2. The molecule has 3 aliphatic rings. The fourth-order valence-corrected chi connectivity index (χ4v) is 5.99. The molecular formula is C21H29N3O2S. The van der Waals surface area contributed by atoms with Crippen molar-refractivity contribution in [1.29, 1.82) is 0 Å². The SMILES string of the molecule is CC(=O)c1c(C)nc(C2CC2)nc1SCC(=O)N[C@H](C)[C@H]1C[C@H]2CC[C@H]1C2. The van der Waals surface area contributed by atoms with E-state index >= 15 is 0 Å². The van der Waals surface area contributed by atoms with E-state index in [2.05, 4.69) is 22.2 Å². The zero-order chi connectivity index (χ0) is 19.1. The van der Waals surface area contributed by atoms with Crippen LogP contribution in [0.3, 0.4) is 0 Å². The predicted molar refractivity (Wildman–Crippen MR) is 106 cm³/mol. The molecule has 1 N–H and O–H groups in total. The maximum Gasteiger partial charge on any atom is 0.230 e. The smallest absolute Gasteiger partial charge is 0.230 e. The molecule has 2 bridgehead atoms. The summed E-state index contributed by atoms with van der Waals surface area (Å²) in [4.78, 5) is 33.7. The van der Waals surface area contributed by atoms with Gasteiger partial charge in [0.2, 0.25) is 5.91 Å². The Labute approximate surface area is 165 Å². The fraction of sp³-hybridized carbons (Fsp3) is 0.714. The van der Waals surface area contributed by atoms with E-state index in [0.29, 0.717) is 28.2 Å². The molecule has 1 heterocycles. The molecule has 0 radical (unpaired) electrons. The number of thioether (sulfide) groups is 1. The number of hydrogen-bond donors (Lipinski definition) is 1. The van der Waals surface area contributed by atoms with Crippen molar-refractivity contribution in [2.45, 2.75) is 76.3 Å². The van der Waals surface area contributed by atoms with Gasteiger partial charge < -0.3 is 5.32 Å². The van der Waals surface area contributed by atoms with Crippen LogP contribution in [0.2, 0.25) is 0 Å². The molecule has 1 amide bonds. The summed E-state index contributed by atoms with van der Waals surface area (Å²) >= 11 is 1.37. The van der Waals surface area contributed by atoms with Gasteiger partial charge in [-0.2, -0.15) is 0 Å². The van der Waals surface area contributed by atoms with E-state index < -0.39 is 0 Å². The van der Waals surface area contributed by atoms with Crippen LogP contribution in [-0.2, 0) is 4.79 Å². The Kier molecular flexibility index (Phi) is 5.28. The molecule has 3 fully saturated rings. The van der Waals surface area contributed by atoms with Crippen LogP contribution in [0.5, 0.6) is 0 Å². The number of nitrogens with zero attached hydrogens (tertiary/aromatic N) is 2. The predicted octanol–water partition coefficient (Wildman–Crippen LogP) is 3.90. The van der Waals surface area contributed by atoms with Crippen molar-refractivity contribution in [3.63, 3.8) is 0 Å². The van der Waals surface area contributed by atoms with Gasteiger partial charge in [0, 0.05) is 12.0 Å². The first-order valence-corrected chi connectivity index (χ1v) is 11.2. The Hall–Kier alpha value is -1.43. The summed E-state index contributed by atoms with van der Waals surface area (Å²) in [6, 6.07) is 0.231. The van der Waals surface area contributed by atoms with Gasteiger partial charge in [-0.3, -0.25) is 9.59 Å². The highest BCUT2D eigenvalue weighted by molar-refractivity contribution is 8.00. The van der Waals surface area contributed by atoms with Gasteiger partial charge in [0.25, 0.3) is 0 Å². The molecule has 146 valence electrons. The molecule has 1 aromatic rings. The Morgan fingerprint density at radius 3 is 2.56 bits per heavy atom. The van der Waals surface area contributed by atoms with Crippen LogP contribution in [0.25, 0.3) is 0 Å². The van der Waals surface area contributed by atoms with E-state index in [0.717, 1.165) is 36.2 Å². The lowest BCUT2D eigenvalue weighted by Gasteiger charge is -2.28. The van der Waals surface area contributed by atoms with Crippen molar-refractivity contribution in [3.05, 3.63) is 17.1 Å². The maximum atomic E-state index is 12.5. The molecule has 27 heavy (non-hydrogen) atoms. The highest BCUT2D eigenvalue weighted by Gasteiger charge is 2.42. The topological polar surface area (TPSA) is 72.0 Å². The number of amides is 1. The van der Waals surface area contributed by atoms with Crippen molar-refractivity contribution in [1.82, 2.24) is 15.3 Å². The van der Waals surface area contributed by atoms with Crippen LogP contribution < -0.4 is 5.32 Å². The average Bonchev–Trinajstić information content (AvgIpc) is 3.25. The Morgan fingerprint density at radius 2 is 1.96 bits per heavy atom. The lowest BCUT2D eigenvalue weighted by Crippen LogP contribution is -2.40. The summed E-state index contributed by atoms with van der Waals surface area (Å²) < 4.78 is 0. The minimum atomic E-state index is -0.0342. The second-order valence-corrected chi connectivity index (χ2v) is 9.63. The van der Waals surface area contributed by atoms with Gasteiger partial charge in [0.1, 0.15) is 10.9 Å². The number of Topliss-reactive ketones (excluding diaryl/α,β-unsaturated/α-hetero) is 1.